The highest BCUT2D eigenvalue weighted by molar-refractivity contribution is 6.30. The Bertz CT molecular complexity index is 758. The lowest BCUT2D eigenvalue weighted by molar-refractivity contribution is -0.385. The molecular formula is C13H11ClN4O4. The fourth-order valence-corrected chi connectivity index (χ4v) is 2.59. The lowest BCUT2D eigenvalue weighted by atomic mass is 10.1. The average Bonchev–Trinajstić information content (AvgIpc) is 3.12. The van der Waals surface area contributed by atoms with E-state index in [1.807, 2.05) is 6.07 Å². The van der Waals surface area contributed by atoms with Crippen LogP contribution in [0.3, 0.4) is 0 Å². The predicted octanol–water partition coefficient (Wildman–Crippen LogP) is 1.84. The quantitative estimate of drug-likeness (QED) is 0.659. The van der Waals surface area contributed by atoms with Crippen LogP contribution in [-0.2, 0) is 13.0 Å². The van der Waals surface area contributed by atoms with Gasteiger partial charge in [-0.25, -0.2) is 0 Å². The molecular weight excluding hydrogens is 312 g/mol. The molecule has 1 aromatic carbocycles. The van der Waals surface area contributed by atoms with Crippen LogP contribution < -0.4 is 10.1 Å². The second kappa shape index (κ2) is 5.64. The Morgan fingerprint density at radius 3 is 3.14 bits per heavy atom. The van der Waals surface area contributed by atoms with Crippen LogP contribution in [0.25, 0.3) is 0 Å². The molecule has 0 saturated carbocycles. The summed E-state index contributed by atoms with van der Waals surface area (Å²) < 4.78 is 5.53. The monoisotopic (exact) mass is 322 g/mol. The second-order valence-electron chi connectivity index (χ2n) is 4.72. The van der Waals surface area contributed by atoms with Gasteiger partial charge in [0, 0.05) is 23.6 Å². The Balaban J connectivity index is 1.77. The SMILES string of the molecule is O=C(NCc1cc(Cl)cc2c1OCC2)c1[nH]ncc1[N+](=O)[O-]. The molecule has 0 bridgehead atoms. The zero-order valence-corrected chi connectivity index (χ0v) is 12.0. The number of aromatic amines is 1. The van der Waals surface area contributed by atoms with Crippen LogP contribution in [0.2, 0.25) is 5.02 Å². The molecule has 1 amide bonds. The molecule has 0 saturated heterocycles. The molecule has 1 aliphatic rings. The Morgan fingerprint density at radius 2 is 2.36 bits per heavy atom. The topological polar surface area (TPSA) is 110 Å². The van der Waals surface area contributed by atoms with E-state index in [1.165, 1.54) is 0 Å². The molecule has 0 fully saturated rings. The average molecular weight is 323 g/mol. The maximum Gasteiger partial charge on any atom is 0.319 e. The van der Waals surface area contributed by atoms with Crippen LogP contribution in [0.5, 0.6) is 5.75 Å². The number of carbonyl (C=O) groups excluding carboxylic acids is 1. The van der Waals surface area contributed by atoms with Gasteiger partial charge in [-0.05, 0) is 17.7 Å². The van der Waals surface area contributed by atoms with Gasteiger partial charge >= 0.3 is 5.69 Å². The number of halogens is 1. The molecule has 0 aliphatic carbocycles. The number of carbonyl (C=O) groups is 1. The Hall–Kier alpha value is -2.61. The molecule has 2 heterocycles. The van der Waals surface area contributed by atoms with E-state index in [1.54, 1.807) is 6.07 Å². The Labute approximate surface area is 129 Å². The summed E-state index contributed by atoms with van der Waals surface area (Å²) in [5, 5.41) is 19.8. The first-order chi connectivity index (χ1) is 10.6. The van der Waals surface area contributed by atoms with Crippen molar-refractivity contribution in [3.05, 3.63) is 50.3 Å². The third-order valence-electron chi connectivity index (χ3n) is 3.31. The van der Waals surface area contributed by atoms with Gasteiger partial charge in [-0.1, -0.05) is 11.6 Å². The number of nitro groups is 1. The molecule has 1 aliphatic heterocycles. The fourth-order valence-electron chi connectivity index (χ4n) is 2.33. The summed E-state index contributed by atoms with van der Waals surface area (Å²) in [4.78, 5) is 22.1. The van der Waals surface area contributed by atoms with Crippen molar-refractivity contribution >= 4 is 23.2 Å². The molecule has 9 heteroatoms. The summed E-state index contributed by atoms with van der Waals surface area (Å²) >= 11 is 6.04. The number of ether oxygens (including phenoxy) is 1. The first-order valence-corrected chi connectivity index (χ1v) is 6.84. The van der Waals surface area contributed by atoms with Gasteiger partial charge in [0.25, 0.3) is 5.91 Å². The number of hydrogen-bond acceptors (Lipinski definition) is 5. The lowest BCUT2D eigenvalue weighted by Gasteiger charge is -2.09. The van der Waals surface area contributed by atoms with E-state index in [9.17, 15) is 14.9 Å². The summed E-state index contributed by atoms with van der Waals surface area (Å²) in [6.45, 7) is 0.723. The normalized spacial score (nSPS) is 12.6. The largest absolute Gasteiger partial charge is 0.493 e. The third kappa shape index (κ3) is 2.60. The van der Waals surface area contributed by atoms with Crippen molar-refractivity contribution in [2.75, 3.05) is 6.61 Å². The van der Waals surface area contributed by atoms with Crippen molar-refractivity contribution in [2.24, 2.45) is 0 Å². The molecule has 1 aromatic heterocycles. The number of amides is 1. The van der Waals surface area contributed by atoms with Crippen LogP contribution in [0.4, 0.5) is 5.69 Å². The number of nitrogens with one attached hydrogen (secondary N) is 2. The summed E-state index contributed by atoms with van der Waals surface area (Å²) in [5.41, 5.74) is 1.16. The van der Waals surface area contributed by atoms with Crippen LogP contribution in [0, 0.1) is 10.1 Å². The number of H-pyrrole nitrogens is 1. The van der Waals surface area contributed by atoms with Crippen molar-refractivity contribution in [1.29, 1.82) is 0 Å². The number of aromatic nitrogens is 2. The first kappa shape index (κ1) is 14.3. The van der Waals surface area contributed by atoms with E-state index < -0.39 is 10.8 Å². The van der Waals surface area contributed by atoms with Crippen LogP contribution >= 0.6 is 11.6 Å². The summed E-state index contributed by atoms with van der Waals surface area (Å²) in [6, 6.07) is 3.53. The van der Waals surface area contributed by atoms with E-state index >= 15 is 0 Å². The first-order valence-electron chi connectivity index (χ1n) is 6.46. The minimum absolute atomic E-state index is 0.151. The molecule has 114 valence electrons. The molecule has 22 heavy (non-hydrogen) atoms. The Morgan fingerprint density at radius 1 is 1.55 bits per heavy atom. The fraction of sp³-hybridized carbons (Fsp3) is 0.231. The molecule has 2 N–H and O–H groups in total. The highest BCUT2D eigenvalue weighted by Crippen LogP contribution is 2.32. The predicted molar refractivity (Wildman–Crippen MR) is 77.1 cm³/mol. The summed E-state index contributed by atoms with van der Waals surface area (Å²) in [7, 11) is 0. The van der Waals surface area contributed by atoms with E-state index in [0.717, 1.165) is 23.7 Å². The molecule has 0 unspecified atom stereocenters. The summed E-state index contributed by atoms with van der Waals surface area (Å²) in [6.07, 6.45) is 1.76. The number of nitrogens with zero attached hydrogens (tertiary/aromatic N) is 2. The van der Waals surface area contributed by atoms with E-state index in [4.69, 9.17) is 16.3 Å². The minimum Gasteiger partial charge on any atom is -0.493 e. The minimum atomic E-state index is -0.668. The van der Waals surface area contributed by atoms with E-state index in [-0.39, 0.29) is 17.9 Å². The van der Waals surface area contributed by atoms with Crippen molar-refractivity contribution in [3.63, 3.8) is 0 Å². The van der Waals surface area contributed by atoms with Gasteiger partial charge in [-0.2, -0.15) is 5.10 Å². The smallest absolute Gasteiger partial charge is 0.319 e. The standard InChI is InChI=1S/C13H11ClN4O4/c14-9-3-7-1-2-22-12(7)8(4-9)5-15-13(19)11-10(18(20)21)6-16-17-11/h3-4,6H,1-2,5H2,(H,15,19)(H,16,17). The summed E-state index contributed by atoms with van der Waals surface area (Å²) in [5.74, 6) is 0.0970. The lowest BCUT2D eigenvalue weighted by Crippen LogP contribution is -2.24. The molecule has 0 atom stereocenters. The number of hydrogen-bond donors (Lipinski definition) is 2. The van der Waals surface area contributed by atoms with Gasteiger partial charge in [-0.3, -0.25) is 20.0 Å². The second-order valence-corrected chi connectivity index (χ2v) is 5.16. The molecule has 0 radical (unpaired) electrons. The number of rotatable bonds is 4. The van der Waals surface area contributed by atoms with E-state index in [2.05, 4.69) is 15.5 Å². The van der Waals surface area contributed by atoms with Crippen LogP contribution in [-0.4, -0.2) is 27.6 Å². The van der Waals surface area contributed by atoms with Gasteiger partial charge in [-0.15, -0.1) is 0 Å². The van der Waals surface area contributed by atoms with Crippen LogP contribution in [0.1, 0.15) is 21.6 Å². The number of fused-ring (bicyclic) bond motifs is 1. The van der Waals surface area contributed by atoms with Crippen molar-refractivity contribution in [1.82, 2.24) is 15.5 Å². The zero-order chi connectivity index (χ0) is 15.7. The van der Waals surface area contributed by atoms with Gasteiger partial charge < -0.3 is 10.1 Å². The van der Waals surface area contributed by atoms with Crippen LogP contribution in [0.15, 0.2) is 18.3 Å². The molecule has 3 rings (SSSR count). The molecule has 8 nitrogen and oxygen atoms in total. The van der Waals surface area contributed by atoms with Crippen molar-refractivity contribution < 1.29 is 14.5 Å². The van der Waals surface area contributed by atoms with E-state index in [0.29, 0.717) is 17.4 Å². The maximum atomic E-state index is 12.0. The van der Waals surface area contributed by atoms with Gasteiger partial charge in [0.2, 0.25) is 5.69 Å². The maximum absolute atomic E-state index is 12.0. The van der Waals surface area contributed by atoms with Crippen molar-refractivity contribution in [2.45, 2.75) is 13.0 Å². The van der Waals surface area contributed by atoms with Gasteiger partial charge in [0.15, 0.2) is 0 Å². The Kier molecular flexibility index (Phi) is 3.68. The zero-order valence-electron chi connectivity index (χ0n) is 11.3. The third-order valence-corrected chi connectivity index (χ3v) is 3.53. The number of benzene rings is 1. The van der Waals surface area contributed by atoms with Gasteiger partial charge in [0.1, 0.15) is 11.9 Å². The molecule has 2 aromatic rings. The molecule has 0 spiro atoms. The van der Waals surface area contributed by atoms with Gasteiger partial charge in [0.05, 0.1) is 11.5 Å². The highest BCUT2D eigenvalue weighted by Gasteiger charge is 2.23. The van der Waals surface area contributed by atoms with Crippen molar-refractivity contribution in [3.8, 4) is 5.75 Å². The highest BCUT2D eigenvalue weighted by atomic mass is 35.5.